The second-order valence-electron chi connectivity index (χ2n) is 2.40. The summed E-state index contributed by atoms with van der Waals surface area (Å²) in [4.78, 5) is 19.7. The van der Waals surface area contributed by atoms with Crippen LogP contribution < -0.4 is 11.5 Å². The lowest BCUT2D eigenvalue weighted by Crippen LogP contribution is -2.18. The fraction of sp³-hybridized carbons (Fsp3) is 0.333. The van der Waals surface area contributed by atoms with Gasteiger partial charge < -0.3 is 16.2 Å². The Labute approximate surface area is 83.4 Å². The fourth-order valence-corrected chi connectivity index (χ4v) is 0.358. The molecule has 5 heteroatoms. The minimum atomic E-state index is -0.833. The van der Waals surface area contributed by atoms with Crippen molar-refractivity contribution < 1.29 is 14.3 Å². The van der Waals surface area contributed by atoms with Crippen molar-refractivity contribution in [3.63, 3.8) is 0 Å². The van der Waals surface area contributed by atoms with Crippen LogP contribution in [0.5, 0.6) is 0 Å². The third-order valence-electron chi connectivity index (χ3n) is 0.904. The summed E-state index contributed by atoms with van der Waals surface area (Å²) in [5.41, 5.74) is 8.93. The second kappa shape index (κ2) is 9.31. The van der Waals surface area contributed by atoms with Gasteiger partial charge in [0.1, 0.15) is 0 Å². The van der Waals surface area contributed by atoms with Crippen molar-refractivity contribution in [3.8, 4) is 0 Å². The molecule has 0 aromatic carbocycles. The van der Waals surface area contributed by atoms with Crippen molar-refractivity contribution in [1.82, 2.24) is 0 Å². The molecule has 0 spiro atoms. The zero-order valence-electron chi connectivity index (χ0n) is 8.29. The van der Waals surface area contributed by atoms with Gasteiger partial charge in [-0.25, -0.2) is 9.59 Å². The summed E-state index contributed by atoms with van der Waals surface area (Å²) in [6.07, 6.45) is 2.39. The quantitative estimate of drug-likeness (QED) is 0.302. The fourth-order valence-electron chi connectivity index (χ4n) is 0.358. The van der Waals surface area contributed by atoms with Crippen molar-refractivity contribution in [2.45, 2.75) is 13.3 Å². The van der Waals surface area contributed by atoms with Gasteiger partial charge in [-0.2, -0.15) is 0 Å². The molecule has 0 saturated heterocycles. The number of rotatable bonds is 4. The molecule has 0 unspecified atom stereocenters. The van der Waals surface area contributed by atoms with Gasteiger partial charge in [0.15, 0.2) is 0 Å². The van der Waals surface area contributed by atoms with Crippen LogP contribution in [0.25, 0.3) is 0 Å². The summed E-state index contributed by atoms with van der Waals surface area (Å²) in [6.45, 7) is 8.94. The molecule has 80 valence electrons. The third-order valence-corrected chi connectivity index (χ3v) is 0.904. The van der Waals surface area contributed by atoms with Gasteiger partial charge in [0, 0.05) is 5.57 Å². The number of esters is 1. The zero-order valence-corrected chi connectivity index (χ0v) is 8.29. The topological polar surface area (TPSA) is 95.4 Å². The average Bonchev–Trinajstić information content (AvgIpc) is 2.03. The molecular formula is C9H16N2O3. The van der Waals surface area contributed by atoms with Crippen LogP contribution in [0.1, 0.15) is 13.3 Å². The Morgan fingerprint density at radius 2 is 1.86 bits per heavy atom. The van der Waals surface area contributed by atoms with E-state index in [4.69, 9.17) is 9.53 Å². The summed E-state index contributed by atoms with van der Waals surface area (Å²) in [7, 11) is 0. The van der Waals surface area contributed by atoms with Crippen molar-refractivity contribution >= 4 is 12.0 Å². The number of nitrogens with two attached hydrogens (primary N) is 2. The molecule has 0 atom stereocenters. The standard InChI is InChI=1S/C8H12O2.CH4N2O/c1-4-5-6-10-8(9)7(2)3;2-1(3)4/h4H,1-2,5-6H2,3H3;(H4,2,3,4). The molecule has 4 N–H and O–H groups in total. The Morgan fingerprint density at radius 3 is 2.14 bits per heavy atom. The van der Waals surface area contributed by atoms with Crippen molar-refractivity contribution in [1.29, 1.82) is 0 Å². The summed E-state index contributed by atoms with van der Waals surface area (Å²) in [5, 5.41) is 0. The number of amides is 2. The maximum Gasteiger partial charge on any atom is 0.333 e. The van der Waals surface area contributed by atoms with Gasteiger partial charge >= 0.3 is 12.0 Å². The Morgan fingerprint density at radius 1 is 1.43 bits per heavy atom. The molecule has 0 aromatic rings. The van der Waals surface area contributed by atoms with Crippen LogP contribution in [-0.4, -0.2) is 18.6 Å². The second-order valence-corrected chi connectivity index (χ2v) is 2.40. The molecule has 0 aliphatic rings. The molecule has 2 amide bonds. The summed E-state index contributed by atoms with van der Waals surface area (Å²) in [6, 6.07) is -0.833. The predicted molar refractivity (Wildman–Crippen MR) is 54.4 cm³/mol. The first kappa shape index (κ1) is 14.7. The van der Waals surface area contributed by atoms with Crippen LogP contribution in [0, 0.1) is 0 Å². The first-order valence-corrected chi connectivity index (χ1v) is 3.90. The van der Waals surface area contributed by atoms with E-state index in [1.165, 1.54) is 0 Å². The lowest BCUT2D eigenvalue weighted by Gasteiger charge is -2.00. The van der Waals surface area contributed by atoms with E-state index in [9.17, 15) is 4.79 Å². The normalized spacial score (nSPS) is 7.79. The van der Waals surface area contributed by atoms with Crippen LogP contribution in [0.15, 0.2) is 24.8 Å². The molecule has 14 heavy (non-hydrogen) atoms. The number of carbonyl (C=O) groups is 2. The molecule has 0 aliphatic carbocycles. The minimum absolute atomic E-state index is 0.332. The zero-order chi connectivity index (χ0) is 11.6. The lowest BCUT2D eigenvalue weighted by atomic mass is 10.4. The predicted octanol–water partition coefficient (Wildman–Crippen LogP) is 0.706. The average molecular weight is 200 g/mol. The highest BCUT2D eigenvalue weighted by atomic mass is 16.5. The summed E-state index contributed by atoms with van der Waals surface area (Å²) >= 11 is 0. The molecule has 0 radical (unpaired) electrons. The summed E-state index contributed by atoms with van der Waals surface area (Å²) in [5.74, 6) is -0.332. The molecule has 0 bridgehead atoms. The number of hydrogen-bond acceptors (Lipinski definition) is 3. The Balaban J connectivity index is 0. The van der Waals surface area contributed by atoms with Gasteiger partial charge in [-0.05, 0) is 13.3 Å². The molecular weight excluding hydrogens is 184 g/mol. The van der Waals surface area contributed by atoms with E-state index < -0.39 is 6.03 Å². The molecule has 0 fully saturated rings. The molecule has 0 heterocycles. The summed E-state index contributed by atoms with van der Waals surface area (Å²) < 4.78 is 4.73. The minimum Gasteiger partial charge on any atom is -0.462 e. The van der Waals surface area contributed by atoms with Gasteiger partial charge in [-0.1, -0.05) is 12.7 Å². The molecule has 0 saturated carbocycles. The van der Waals surface area contributed by atoms with Gasteiger partial charge in [0.2, 0.25) is 0 Å². The van der Waals surface area contributed by atoms with Crippen LogP contribution >= 0.6 is 0 Å². The number of hydrogen-bond donors (Lipinski definition) is 2. The van der Waals surface area contributed by atoms with E-state index in [0.717, 1.165) is 0 Å². The number of carbonyl (C=O) groups excluding carboxylic acids is 2. The van der Waals surface area contributed by atoms with E-state index in [-0.39, 0.29) is 5.97 Å². The van der Waals surface area contributed by atoms with Crippen LogP contribution in [0.2, 0.25) is 0 Å². The number of ether oxygens (including phenoxy) is 1. The Kier molecular flexibility index (Phi) is 9.79. The number of primary amides is 2. The third kappa shape index (κ3) is 16.7. The van der Waals surface area contributed by atoms with E-state index in [0.29, 0.717) is 18.6 Å². The van der Waals surface area contributed by atoms with Crippen LogP contribution in [-0.2, 0) is 9.53 Å². The number of urea groups is 1. The Hall–Kier alpha value is -1.78. The molecule has 5 nitrogen and oxygen atoms in total. The largest absolute Gasteiger partial charge is 0.462 e. The van der Waals surface area contributed by atoms with Crippen LogP contribution in [0.4, 0.5) is 4.79 Å². The highest BCUT2D eigenvalue weighted by Crippen LogP contribution is 1.92. The monoisotopic (exact) mass is 200 g/mol. The molecule has 0 aliphatic heterocycles. The lowest BCUT2D eigenvalue weighted by molar-refractivity contribution is -0.138. The van der Waals surface area contributed by atoms with Gasteiger partial charge in [-0.15, -0.1) is 6.58 Å². The van der Waals surface area contributed by atoms with Gasteiger partial charge in [0.05, 0.1) is 6.61 Å². The van der Waals surface area contributed by atoms with Crippen molar-refractivity contribution in [2.75, 3.05) is 6.61 Å². The van der Waals surface area contributed by atoms with E-state index in [2.05, 4.69) is 24.6 Å². The molecule has 0 rings (SSSR count). The van der Waals surface area contributed by atoms with Crippen LogP contribution in [0.3, 0.4) is 0 Å². The van der Waals surface area contributed by atoms with Gasteiger partial charge in [0.25, 0.3) is 0 Å². The maximum absolute atomic E-state index is 10.7. The first-order valence-electron chi connectivity index (χ1n) is 3.90. The first-order chi connectivity index (χ1) is 6.41. The molecule has 0 aromatic heterocycles. The Bertz CT molecular complexity index is 220. The maximum atomic E-state index is 10.7. The SMILES string of the molecule is C=CCCOC(=O)C(=C)C.NC(N)=O. The van der Waals surface area contributed by atoms with Crippen molar-refractivity contribution in [2.24, 2.45) is 11.5 Å². The smallest absolute Gasteiger partial charge is 0.333 e. The van der Waals surface area contributed by atoms with Crippen molar-refractivity contribution in [3.05, 3.63) is 24.8 Å². The van der Waals surface area contributed by atoms with E-state index >= 15 is 0 Å². The highest BCUT2D eigenvalue weighted by Gasteiger charge is 1.99. The van der Waals surface area contributed by atoms with Gasteiger partial charge in [-0.3, -0.25) is 0 Å². The van der Waals surface area contributed by atoms with E-state index in [1.54, 1.807) is 13.0 Å². The van der Waals surface area contributed by atoms with E-state index in [1.807, 2.05) is 0 Å². The highest BCUT2D eigenvalue weighted by molar-refractivity contribution is 5.86.